The van der Waals surface area contributed by atoms with E-state index in [9.17, 15) is 9.18 Å². The summed E-state index contributed by atoms with van der Waals surface area (Å²) in [5.41, 5.74) is 0.273. The molecule has 21 heavy (non-hydrogen) atoms. The Labute approximate surface area is 124 Å². The van der Waals surface area contributed by atoms with Crippen molar-refractivity contribution in [3.63, 3.8) is 0 Å². The summed E-state index contributed by atoms with van der Waals surface area (Å²) in [6.07, 6.45) is 0. The molecule has 0 fully saturated rings. The van der Waals surface area contributed by atoms with E-state index in [4.69, 9.17) is 9.84 Å². The molecule has 0 saturated heterocycles. The third kappa shape index (κ3) is 2.73. The number of carboxylic acid groups (broad SMARTS) is 1. The van der Waals surface area contributed by atoms with Gasteiger partial charge >= 0.3 is 5.97 Å². The number of benzene rings is 2. The van der Waals surface area contributed by atoms with Crippen molar-refractivity contribution in [2.75, 3.05) is 0 Å². The Kier molecular flexibility index (Phi) is 3.58. The molecule has 0 bridgehead atoms. The molecule has 0 amide bonds. The van der Waals surface area contributed by atoms with Crippen molar-refractivity contribution in [1.82, 2.24) is 0 Å². The fraction of sp³-hybridized carbons (Fsp3) is 0.0625. The normalized spacial score (nSPS) is 10.7. The van der Waals surface area contributed by atoms with Crippen molar-refractivity contribution in [2.45, 2.75) is 6.61 Å². The average Bonchev–Trinajstić information content (AvgIpc) is 2.88. The first-order chi connectivity index (χ1) is 10.1. The molecule has 5 heteroatoms. The van der Waals surface area contributed by atoms with Gasteiger partial charge in [-0.3, -0.25) is 0 Å². The molecule has 0 spiro atoms. The van der Waals surface area contributed by atoms with Crippen LogP contribution in [0.2, 0.25) is 0 Å². The standard InChI is InChI=1S/C16H11FO3S/c17-13-6-1-2-7-14(13)20-9-11-8-10-4-3-5-12(16(18)19)15(10)21-11/h1-8H,9H2,(H,18,19). The van der Waals surface area contributed by atoms with Crippen LogP contribution in [0.1, 0.15) is 15.2 Å². The number of halogens is 1. The van der Waals surface area contributed by atoms with E-state index in [1.54, 1.807) is 30.3 Å². The Morgan fingerprint density at radius 3 is 2.76 bits per heavy atom. The smallest absolute Gasteiger partial charge is 0.337 e. The number of fused-ring (bicyclic) bond motifs is 1. The monoisotopic (exact) mass is 302 g/mol. The maximum atomic E-state index is 13.5. The maximum absolute atomic E-state index is 13.5. The number of para-hydroxylation sites is 1. The number of hydrogen-bond donors (Lipinski definition) is 1. The summed E-state index contributed by atoms with van der Waals surface area (Å²) in [6.45, 7) is 0.208. The highest BCUT2D eigenvalue weighted by Gasteiger charge is 2.12. The Hall–Kier alpha value is -2.40. The van der Waals surface area contributed by atoms with E-state index in [2.05, 4.69) is 0 Å². The highest BCUT2D eigenvalue weighted by atomic mass is 32.1. The Morgan fingerprint density at radius 1 is 1.19 bits per heavy atom. The van der Waals surface area contributed by atoms with Crippen LogP contribution in [0.3, 0.4) is 0 Å². The van der Waals surface area contributed by atoms with Gasteiger partial charge in [0.15, 0.2) is 11.6 Å². The minimum absolute atomic E-state index is 0.188. The van der Waals surface area contributed by atoms with Gasteiger partial charge in [-0.2, -0.15) is 0 Å². The van der Waals surface area contributed by atoms with E-state index in [-0.39, 0.29) is 17.9 Å². The molecule has 1 N–H and O–H groups in total. The topological polar surface area (TPSA) is 46.5 Å². The van der Waals surface area contributed by atoms with Crippen LogP contribution in [0.4, 0.5) is 4.39 Å². The van der Waals surface area contributed by atoms with E-state index in [0.717, 1.165) is 10.3 Å². The predicted octanol–water partition coefficient (Wildman–Crippen LogP) is 4.32. The van der Waals surface area contributed by atoms with Crippen molar-refractivity contribution < 1.29 is 19.0 Å². The first-order valence-corrected chi connectivity index (χ1v) is 7.09. The number of hydrogen-bond acceptors (Lipinski definition) is 3. The Morgan fingerprint density at radius 2 is 2.00 bits per heavy atom. The number of thiophene rings is 1. The largest absolute Gasteiger partial charge is 0.485 e. The molecule has 3 nitrogen and oxygen atoms in total. The molecule has 1 aromatic heterocycles. The number of ether oxygens (including phenoxy) is 1. The van der Waals surface area contributed by atoms with Gasteiger partial charge in [-0.25, -0.2) is 9.18 Å². The fourth-order valence-corrected chi connectivity index (χ4v) is 3.14. The predicted molar refractivity (Wildman–Crippen MR) is 79.5 cm³/mol. The van der Waals surface area contributed by atoms with Crippen molar-refractivity contribution in [3.05, 3.63) is 64.8 Å². The average molecular weight is 302 g/mol. The second-order valence-corrected chi connectivity index (χ2v) is 5.60. The molecule has 0 radical (unpaired) electrons. The van der Waals surface area contributed by atoms with E-state index < -0.39 is 11.8 Å². The van der Waals surface area contributed by atoms with Gasteiger partial charge in [-0.15, -0.1) is 11.3 Å². The second kappa shape index (κ2) is 5.54. The highest BCUT2D eigenvalue weighted by molar-refractivity contribution is 7.19. The van der Waals surface area contributed by atoms with Gasteiger partial charge in [0.25, 0.3) is 0 Å². The first-order valence-electron chi connectivity index (χ1n) is 6.27. The zero-order valence-corrected chi connectivity index (χ0v) is 11.7. The number of carboxylic acids is 1. The van der Waals surface area contributed by atoms with Gasteiger partial charge in [-0.05, 0) is 29.7 Å². The molecular weight excluding hydrogens is 291 g/mol. The van der Waals surface area contributed by atoms with Crippen molar-refractivity contribution >= 4 is 27.4 Å². The second-order valence-electron chi connectivity index (χ2n) is 4.46. The molecule has 0 unspecified atom stereocenters. The van der Waals surface area contributed by atoms with Crippen LogP contribution in [0.5, 0.6) is 5.75 Å². The third-order valence-electron chi connectivity index (χ3n) is 3.03. The van der Waals surface area contributed by atoms with E-state index in [0.29, 0.717) is 4.70 Å². The van der Waals surface area contributed by atoms with E-state index in [1.807, 2.05) is 12.1 Å². The van der Waals surface area contributed by atoms with Crippen LogP contribution in [-0.2, 0) is 6.61 Å². The van der Waals surface area contributed by atoms with Crippen LogP contribution in [0, 0.1) is 5.82 Å². The minimum atomic E-state index is -0.955. The minimum Gasteiger partial charge on any atom is -0.485 e. The number of carbonyl (C=O) groups is 1. The van der Waals surface area contributed by atoms with Gasteiger partial charge < -0.3 is 9.84 Å². The SMILES string of the molecule is O=C(O)c1cccc2cc(COc3ccccc3F)sc12. The van der Waals surface area contributed by atoms with Crippen LogP contribution < -0.4 is 4.74 Å². The summed E-state index contributed by atoms with van der Waals surface area (Å²) in [6, 6.07) is 13.2. The maximum Gasteiger partial charge on any atom is 0.337 e. The molecule has 0 saturated carbocycles. The lowest BCUT2D eigenvalue weighted by molar-refractivity contribution is 0.0699. The van der Waals surface area contributed by atoms with Crippen LogP contribution in [0.25, 0.3) is 10.1 Å². The lowest BCUT2D eigenvalue weighted by Gasteiger charge is -2.04. The van der Waals surface area contributed by atoms with E-state index in [1.165, 1.54) is 17.4 Å². The third-order valence-corrected chi connectivity index (χ3v) is 4.19. The van der Waals surface area contributed by atoms with Gasteiger partial charge in [0.2, 0.25) is 0 Å². The zero-order valence-electron chi connectivity index (χ0n) is 10.9. The number of aromatic carboxylic acids is 1. The Bertz CT molecular complexity index is 810. The van der Waals surface area contributed by atoms with Crippen molar-refractivity contribution in [3.8, 4) is 5.75 Å². The number of rotatable bonds is 4. The lowest BCUT2D eigenvalue weighted by atomic mass is 10.1. The van der Waals surface area contributed by atoms with Crippen molar-refractivity contribution in [1.29, 1.82) is 0 Å². The summed E-state index contributed by atoms with van der Waals surface area (Å²) in [5, 5.41) is 10.0. The highest BCUT2D eigenvalue weighted by Crippen LogP contribution is 2.30. The van der Waals surface area contributed by atoms with Gasteiger partial charge in [-0.1, -0.05) is 24.3 Å². The Balaban J connectivity index is 1.87. The van der Waals surface area contributed by atoms with Crippen LogP contribution >= 0.6 is 11.3 Å². The molecule has 0 aliphatic rings. The summed E-state index contributed by atoms with van der Waals surface area (Å²) >= 11 is 1.35. The molecule has 0 aliphatic heterocycles. The molecule has 0 aliphatic carbocycles. The fourth-order valence-electron chi connectivity index (χ4n) is 2.07. The molecule has 1 heterocycles. The molecular formula is C16H11FO3S. The van der Waals surface area contributed by atoms with Crippen LogP contribution in [-0.4, -0.2) is 11.1 Å². The van der Waals surface area contributed by atoms with E-state index >= 15 is 0 Å². The molecule has 0 atom stereocenters. The zero-order chi connectivity index (χ0) is 14.8. The first kappa shape index (κ1) is 13.6. The summed E-state index contributed by atoms with van der Waals surface area (Å²) < 4.78 is 19.6. The van der Waals surface area contributed by atoms with Crippen molar-refractivity contribution in [2.24, 2.45) is 0 Å². The lowest BCUT2D eigenvalue weighted by Crippen LogP contribution is -1.95. The molecule has 106 valence electrons. The molecule has 2 aromatic carbocycles. The van der Waals surface area contributed by atoms with Gasteiger partial charge in [0.05, 0.1) is 5.56 Å². The van der Waals surface area contributed by atoms with Gasteiger partial charge in [0.1, 0.15) is 6.61 Å². The summed E-state index contributed by atoms with van der Waals surface area (Å²) in [4.78, 5) is 12.0. The summed E-state index contributed by atoms with van der Waals surface area (Å²) in [7, 11) is 0. The molecule has 3 rings (SSSR count). The van der Waals surface area contributed by atoms with Crippen LogP contribution in [0.15, 0.2) is 48.5 Å². The summed E-state index contributed by atoms with van der Waals surface area (Å²) in [5.74, 6) is -1.18. The quantitative estimate of drug-likeness (QED) is 0.781. The molecule has 3 aromatic rings. The van der Waals surface area contributed by atoms with Gasteiger partial charge in [0, 0.05) is 9.58 Å².